The number of carbonyl (C=O) groups is 2. The van der Waals surface area contributed by atoms with Crippen molar-refractivity contribution in [2.75, 3.05) is 13.7 Å². The summed E-state index contributed by atoms with van der Waals surface area (Å²) in [4.78, 5) is 29.9. The quantitative estimate of drug-likeness (QED) is 0.780. The third-order valence-electron chi connectivity index (χ3n) is 4.03. The minimum atomic E-state index is -1.21. The predicted molar refractivity (Wildman–Crippen MR) is 92.4 cm³/mol. The van der Waals surface area contributed by atoms with E-state index in [0.717, 1.165) is 5.56 Å². The van der Waals surface area contributed by atoms with Crippen LogP contribution < -0.4 is 5.32 Å². The van der Waals surface area contributed by atoms with Crippen molar-refractivity contribution < 1.29 is 19.2 Å². The molecule has 8 nitrogen and oxygen atoms in total. The van der Waals surface area contributed by atoms with Gasteiger partial charge in [0, 0.05) is 12.8 Å². The molecular weight excluding hydrogens is 336 g/mol. The molecule has 0 spiro atoms. The van der Waals surface area contributed by atoms with E-state index in [1.54, 1.807) is 6.07 Å². The molecule has 1 aromatic carbocycles. The first-order valence-electron chi connectivity index (χ1n) is 8.04. The summed E-state index contributed by atoms with van der Waals surface area (Å²) in [5.74, 6) is -0.800. The molecule has 0 fully saturated rings. The van der Waals surface area contributed by atoms with Crippen LogP contribution >= 0.6 is 0 Å². The maximum Gasteiger partial charge on any atom is 0.353 e. The van der Waals surface area contributed by atoms with E-state index in [2.05, 4.69) is 20.7 Å². The lowest BCUT2D eigenvalue weighted by Crippen LogP contribution is -2.43. The SMILES string of the molecule is COC(=O)C1(Cc2ccccc2)CC(CNC(=O)c2ccnnc2)=NO1. The number of hydrogen-bond donors (Lipinski definition) is 1. The Balaban J connectivity index is 1.65. The fourth-order valence-electron chi connectivity index (χ4n) is 2.74. The van der Waals surface area contributed by atoms with Gasteiger partial charge in [-0.25, -0.2) is 4.79 Å². The molecule has 1 amide bonds. The number of rotatable bonds is 6. The van der Waals surface area contributed by atoms with Gasteiger partial charge in [0.1, 0.15) is 0 Å². The highest BCUT2D eigenvalue weighted by molar-refractivity contribution is 5.99. The second-order valence-electron chi connectivity index (χ2n) is 5.89. The number of methoxy groups -OCH3 is 1. The Bertz CT molecular complexity index is 810. The van der Waals surface area contributed by atoms with Crippen molar-refractivity contribution in [2.45, 2.75) is 18.4 Å². The zero-order chi connectivity index (χ0) is 18.4. The molecule has 134 valence electrons. The second kappa shape index (κ2) is 7.73. The van der Waals surface area contributed by atoms with Crippen molar-refractivity contribution in [1.82, 2.24) is 15.5 Å². The Morgan fingerprint density at radius 1 is 1.23 bits per heavy atom. The van der Waals surface area contributed by atoms with E-state index in [1.807, 2.05) is 30.3 Å². The van der Waals surface area contributed by atoms with Crippen LogP contribution in [0.3, 0.4) is 0 Å². The molecule has 0 bridgehead atoms. The molecule has 0 saturated heterocycles. The molecule has 0 aliphatic carbocycles. The van der Waals surface area contributed by atoms with Crippen LogP contribution in [0.25, 0.3) is 0 Å². The average molecular weight is 354 g/mol. The van der Waals surface area contributed by atoms with Crippen molar-refractivity contribution in [3.05, 3.63) is 59.9 Å². The lowest BCUT2D eigenvalue weighted by Gasteiger charge is -2.23. The molecule has 8 heteroatoms. The van der Waals surface area contributed by atoms with Crippen LogP contribution in [-0.2, 0) is 20.8 Å². The summed E-state index contributed by atoms with van der Waals surface area (Å²) in [6, 6.07) is 11.0. The summed E-state index contributed by atoms with van der Waals surface area (Å²) in [7, 11) is 1.31. The zero-order valence-electron chi connectivity index (χ0n) is 14.2. The van der Waals surface area contributed by atoms with Crippen LogP contribution in [0.2, 0.25) is 0 Å². The van der Waals surface area contributed by atoms with Crippen LogP contribution in [0.1, 0.15) is 22.3 Å². The number of esters is 1. The molecule has 1 aliphatic heterocycles. The summed E-state index contributed by atoms with van der Waals surface area (Å²) in [5, 5.41) is 14.0. The lowest BCUT2D eigenvalue weighted by molar-refractivity contribution is -0.166. The number of ether oxygens (including phenoxy) is 1. The molecule has 1 aromatic heterocycles. The largest absolute Gasteiger partial charge is 0.466 e. The number of nitrogens with zero attached hydrogens (tertiary/aromatic N) is 3. The number of nitrogens with one attached hydrogen (secondary N) is 1. The molecular formula is C18H18N4O4. The maximum atomic E-state index is 12.3. The monoisotopic (exact) mass is 354 g/mol. The number of hydrogen-bond acceptors (Lipinski definition) is 7. The second-order valence-corrected chi connectivity index (χ2v) is 5.89. The first kappa shape index (κ1) is 17.5. The Morgan fingerprint density at radius 3 is 2.73 bits per heavy atom. The number of amides is 1. The molecule has 3 rings (SSSR count). The maximum absolute atomic E-state index is 12.3. The molecule has 1 aliphatic rings. The molecule has 1 unspecified atom stereocenters. The minimum absolute atomic E-state index is 0.161. The normalized spacial score (nSPS) is 18.6. The number of carbonyl (C=O) groups excluding carboxylic acids is 2. The van der Waals surface area contributed by atoms with Gasteiger partial charge in [0.15, 0.2) is 0 Å². The van der Waals surface area contributed by atoms with Crippen molar-refractivity contribution in [2.24, 2.45) is 5.16 Å². The first-order valence-corrected chi connectivity index (χ1v) is 8.04. The van der Waals surface area contributed by atoms with Gasteiger partial charge in [-0.2, -0.15) is 10.2 Å². The Hall–Kier alpha value is -3.29. The summed E-state index contributed by atoms with van der Waals surface area (Å²) in [6.45, 7) is 0.161. The van der Waals surface area contributed by atoms with Crippen LogP contribution in [0.15, 0.2) is 53.9 Å². The van der Waals surface area contributed by atoms with E-state index in [4.69, 9.17) is 9.57 Å². The first-order chi connectivity index (χ1) is 12.6. The fraction of sp³-hybridized carbons (Fsp3) is 0.278. The standard InChI is InChI=1S/C18H18N4O4/c1-25-17(24)18(9-13-5-3-2-4-6-13)10-15(22-26-18)12-19-16(23)14-7-8-20-21-11-14/h2-8,11H,9-10,12H2,1H3,(H,19,23). The third kappa shape index (κ3) is 3.85. The molecule has 0 radical (unpaired) electrons. The summed E-state index contributed by atoms with van der Waals surface area (Å²) >= 11 is 0. The third-order valence-corrected chi connectivity index (χ3v) is 4.03. The number of benzene rings is 1. The average Bonchev–Trinajstić information content (AvgIpc) is 3.11. The van der Waals surface area contributed by atoms with Crippen LogP contribution in [0, 0.1) is 0 Å². The van der Waals surface area contributed by atoms with Gasteiger partial charge in [0.05, 0.1) is 37.3 Å². The molecule has 1 atom stereocenters. The summed E-state index contributed by atoms with van der Waals surface area (Å²) < 4.78 is 4.91. The van der Waals surface area contributed by atoms with Gasteiger partial charge in [0.25, 0.3) is 5.91 Å². The highest BCUT2D eigenvalue weighted by Crippen LogP contribution is 2.29. The number of aromatic nitrogens is 2. The molecule has 1 N–H and O–H groups in total. The molecule has 0 saturated carbocycles. The highest BCUT2D eigenvalue weighted by Gasteiger charge is 2.47. The van der Waals surface area contributed by atoms with Gasteiger partial charge in [-0.3, -0.25) is 4.79 Å². The van der Waals surface area contributed by atoms with E-state index in [-0.39, 0.29) is 18.9 Å². The van der Waals surface area contributed by atoms with E-state index in [9.17, 15) is 9.59 Å². The van der Waals surface area contributed by atoms with Gasteiger partial charge >= 0.3 is 5.97 Å². The summed E-state index contributed by atoms with van der Waals surface area (Å²) in [6.07, 6.45) is 3.38. The van der Waals surface area contributed by atoms with Crippen molar-refractivity contribution in [1.29, 1.82) is 0 Å². The van der Waals surface area contributed by atoms with Crippen LogP contribution in [0.4, 0.5) is 0 Å². The highest BCUT2D eigenvalue weighted by atomic mass is 16.7. The van der Waals surface area contributed by atoms with Gasteiger partial charge < -0.3 is 14.9 Å². The van der Waals surface area contributed by atoms with E-state index in [1.165, 1.54) is 19.5 Å². The molecule has 2 aromatic rings. The molecule has 2 heterocycles. The summed E-state index contributed by atoms with van der Waals surface area (Å²) in [5.41, 5.74) is 0.667. The van der Waals surface area contributed by atoms with Crippen molar-refractivity contribution in [3.63, 3.8) is 0 Å². The van der Waals surface area contributed by atoms with Gasteiger partial charge in [-0.05, 0) is 11.6 Å². The van der Waals surface area contributed by atoms with Crippen LogP contribution in [0.5, 0.6) is 0 Å². The van der Waals surface area contributed by atoms with Gasteiger partial charge in [-0.1, -0.05) is 35.5 Å². The van der Waals surface area contributed by atoms with E-state index in [0.29, 0.717) is 17.7 Å². The van der Waals surface area contributed by atoms with Gasteiger partial charge in [0.2, 0.25) is 5.60 Å². The van der Waals surface area contributed by atoms with Gasteiger partial charge in [-0.15, -0.1) is 0 Å². The zero-order valence-corrected chi connectivity index (χ0v) is 14.2. The minimum Gasteiger partial charge on any atom is -0.466 e. The topological polar surface area (TPSA) is 103 Å². The number of oxime groups is 1. The Labute approximate surface area is 150 Å². The van der Waals surface area contributed by atoms with Crippen LogP contribution in [-0.4, -0.2) is 47.0 Å². The fourth-order valence-corrected chi connectivity index (χ4v) is 2.74. The van der Waals surface area contributed by atoms with Crippen molar-refractivity contribution in [3.8, 4) is 0 Å². The van der Waals surface area contributed by atoms with E-state index >= 15 is 0 Å². The van der Waals surface area contributed by atoms with E-state index < -0.39 is 11.6 Å². The Morgan fingerprint density at radius 2 is 2.04 bits per heavy atom. The van der Waals surface area contributed by atoms with Crippen molar-refractivity contribution >= 4 is 17.6 Å². The molecule has 26 heavy (non-hydrogen) atoms. The smallest absolute Gasteiger partial charge is 0.353 e. The lowest BCUT2D eigenvalue weighted by atomic mass is 9.89. The Kier molecular flexibility index (Phi) is 5.21. The predicted octanol–water partition coefficient (Wildman–Crippen LogP) is 1.14.